The lowest BCUT2D eigenvalue weighted by molar-refractivity contribution is -0.00501. The highest BCUT2D eigenvalue weighted by molar-refractivity contribution is 14.0. The number of halogens is 1. The zero-order chi connectivity index (χ0) is 18.0. The number of hydrogen-bond acceptors (Lipinski definition) is 4. The van der Waals surface area contributed by atoms with E-state index in [-0.39, 0.29) is 29.5 Å². The second-order valence-electron chi connectivity index (χ2n) is 7.69. The lowest BCUT2D eigenvalue weighted by Crippen LogP contribution is -2.57. The molecule has 0 unspecified atom stereocenters. The van der Waals surface area contributed by atoms with Crippen molar-refractivity contribution in [3.63, 3.8) is 0 Å². The largest absolute Gasteiger partial charge is 0.381 e. The third-order valence-corrected chi connectivity index (χ3v) is 5.82. The summed E-state index contributed by atoms with van der Waals surface area (Å²) in [6.07, 6.45) is 8.86. The summed E-state index contributed by atoms with van der Waals surface area (Å²) in [5, 5.41) is 7.02. The van der Waals surface area contributed by atoms with Crippen LogP contribution in [0.3, 0.4) is 0 Å². The number of rotatable bonds is 7. The Hall–Kier alpha value is -0.120. The van der Waals surface area contributed by atoms with Gasteiger partial charge >= 0.3 is 0 Å². The van der Waals surface area contributed by atoms with Gasteiger partial charge in [-0.1, -0.05) is 12.8 Å². The van der Waals surface area contributed by atoms with E-state index in [0.717, 1.165) is 45.1 Å². The maximum Gasteiger partial charge on any atom is 0.191 e. The van der Waals surface area contributed by atoms with Crippen LogP contribution in [0.5, 0.6) is 0 Å². The Morgan fingerprint density at radius 3 is 2.31 bits per heavy atom. The molecule has 0 aromatic carbocycles. The first-order valence-corrected chi connectivity index (χ1v) is 10.1. The SMILES string of the molecule is CN=C(NCCCN1CCCCCC1)NCC1(N(C)C)CCOCC1.I. The van der Waals surface area contributed by atoms with E-state index in [2.05, 4.69) is 39.5 Å². The van der Waals surface area contributed by atoms with Crippen LogP contribution >= 0.6 is 24.0 Å². The normalized spacial score (nSPS) is 21.8. The molecule has 2 aliphatic rings. The first-order chi connectivity index (χ1) is 12.2. The van der Waals surface area contributed by atoms with Gasteiger partial charge in [0.1, 0.15) is 0 Å². The van der Waals surface area contributed by atoms with Crippen LogP contribution in [0.1, 0.15) is 44.9 Å². The van der Waals surface area contributed by atoms with Crippen LogP contribution in [-0.4, -0.2) is 88.4 Å². The van der Waals surface area contributed by atoms with Gasteiger partial charge < -0.3 is 25.2 Å². The van der Waals surface area contributed by atoms with E-state index >= 15 is 0 Å². The topological polar surface area (TPSA) is 52.1 Å². The molecule has 0 aromatic heterocycles. The fraction of sp³-hybridized carbons (Fsp3) is 0.947. The standard InChI is InChI=1S/C19H39N5O.HI/c1-20-18(21-11-8-14-24-12-6-4-5-7-13-24)22-17-19(23(2)3)9-15-25-16-10-19;/h4-17H2,1-3H3,(H2,20,21,22);1H. The number of hydrogen-bond donors (Lipinski definition) is 2. The zero-order valence-corrected chi connectivity index (χ0v) is 19.4. The molecule has 0 bridgehead atoms. The van der Waals surface area contributed by atoms with E-state index in [1.807, 2.05) is 7.05 Å². The van der Waals surface area contributed by atoms with Crippen LogP contribution in [0, 0.1) is 0 Å². The molecule has 0 saturated carbocycles. The molecular weight excluding hydrogens is 441 g/mol. The predicted molar refractivity (Wildman–Crippen MR) is 121 cm³/mol. The summed E-state index contributed by atoms with van der Waals surface area (Å²) < 4.78 is 5.55. The Morgan fingerprint density at radius 1 is 1.08 bits per heavy atom. The van der Waals surface area contributed by atoms with Crippen LogP contribution in [0.4, 0.5) is 0 Å². The number of likely N-dealkylation sites (tertiary alicyclic amines) is 1. The average molecular weight is 481 g/mol. The fourth-order valence-electron chi connectivity index (χ4n) is 3.87. The Labute approximate surface area is 177 Å². The Balaban J connectivity index is 0.00000338. The van der Waals surface area contributed by atoms with Gasteiger partial charge in [0.15, 0.2) is 5.96 Å². The van der Waals surface area contributed by atoms with Crippen molar-refractivity contribution in [2.45, 2.75) is 50.5 Å². The summed E-state index contributed by atoms with van der Waals surface area (Å²) >= 11 is 0. The van der Waals surface area contributed by atoms with E-state index < -0.39 is 0 Å². The van der Waals surface area contributed by atoms with Gasteiger partial charge in [-0.05, 0) is 65.8 Å². The van der Waals surface area contributed by atoms with E-state index in [4.69, 9.17) is 4.74 Å². The molecule has 0 aromatic rings. The molecule has 2 N–H and O–H groups in total. The first kappa shape index (κ1) is 23.9. The fourth-order valence-corrected chi connectivity index (χ4v) is 3.87. The van der Waals surface area contributed by atoms with Gasteiger partial charge in [-0.3, -0.25) is 4.99 Å². The molecule has 2 aliphatic heterocycles. The summed E-state index contributed by atoms with van der Waals surface area (Å²) in [6.45, 7) is 7.34. The molecule has 2 fully saturated rings. The molecule has 2 rings (SSSR count). The highest BCUT2D eigenvalue weighted by atomic mass is 127. The summed E-state index contributed by atoms with van der Waals surface area (Å²) in [5.41, 5.74) is 0.169. The van der Waals surface area contributed by atoms with Crippen molar-refractivity contribution in [2.75, 3.05) is 67.1 Å². The number of likely N-dealkylation sites (N-methyl/N-ethyl adjacent to an activating group) is 1. The highest BCUT2D eigenvalue weighted by Gasteiger charge is 2.34. The van der Waals surface area contributed by atoms with Crippen LogP contribution in [-0.2, 0) is 4.74 Å². The van der Waals surface area contributed by atoms with Crippen molar-refractivity contribution in [3.05, 3.63) is 0 Å². The van der Waals surface area contributed by atoms with E-state index in [1.165, 1.54) is 51.7 Å². The zero-order valence-electron chi connectivity index (χ0n) is 17.1. The molecule has 0 spiro atoms. The van der Waals surface area contributed by atoms with E-state index in [0.29, 0.717) is 0 Å². The number of nitrogens with zero attached hydrogens (tertiary/aromatic N) is 3. The van der Waals surface area contributed by atoms with Crippen molar-refractivity contribution >= 4 is 29.9 Å². The second kappa shape index (κ2) is 13.1. The molecule has 26 heavy (non-hydrogen) atoms. The third kappa shape index (κ3) is 7.86. The minimum atomic E-state index is 0. The number of guanidine groups is 1. The number of aliphatic imine (C=N–C) groups is 1. The Bertz CT molecular complexity index is 391. The summed E-state index contributed by atoms with van der Waals surface area (Å²) in [6, 6.07) is 0. The smallest absolute Gasteiger partial charge is 0.191 e. The molecule has 0 atom stereocenters. The van der Waals surface area contributed by atoms with Crippen LogP contribution in [0.25, 0.3) is 0 Å². The van der Waals surface area contributed by atoms with Gasteiger partial charge in [0, 0.05) is 38.9 Å². The molecule has 2 saturated heterocycles. The van der Waals surface area contributed by atoms with Crippen LogP contribution in [0.15, 0.2) is 4.99 Å². The Kier molecular flexibility index (Phi) is 12.1. The Morgan fingerprint density at radius 2 is 1.73 bits per heavy atom. The van der Waals surface area contributed by atoms with Gasteiger partial charge in [0.2, 0.25) is 0 Å². The molecule has 6 nitrogen and oxygen atoms in total. The predicted octanol–water partition coefficient (Wildman–Crippen LogP) is 2.15. The lowest BCUT2D eigenvalue weighted by Gasteiger charge is -2.43. The van der Waals surface area contributed by atoms with Gasteiger partial charge in [0.05, 0.1) is 0 Å². The quantitative estimate of drug-likeness (QED) is 0.253. The molecule has 0 radical (unpaired) electrons. The first-order valence-electron chi connectivity index (χ1n) is 10.1. The highest BCUT2D eigenvalue weighted by Crippen LogP contribution is 2.24. The molecular formula is C19H40IN5O. The summed E-state index contributed by atoms with van der Waals surface area (Å²) in [7, 11) is 6.20. The molecule has 2 heterocycles. The maximum absolute atomic E-state index is 5.55. The minimum absolute atomic E-state index is 0. The molecule has 7 heteroatoms. The van der Waals surface area contributed by atoms with Gasteiger partial charge in [-0.25, -0.2) is 0 Å². The average Bonchev–Trinajstić information content (AvgIpc) is 2.90. The lowest BCUT2D eigenvalue weighted by atomic mass is 9.88. The van der Waals surface area contributed by atoms with Gasteiger partial charge in [-0.2, -0.15) is 0 Å². The van der Waals surface area contributed by atoms with Crippen molar-refractivity contribution in [1.29, 1.82) is 0 Å². The summed E-state index contributed by atoms with van der Waals surface area (Å²) in [5.74, 6) is 0.920. The molecule has 0 amide bonds. The van der Waals surface area contributed by atoms with Crippen molar-refractivity contribution in [1.82, 2.24) is 20.4 Å². The van der Waals surface area contributed by atoms with Crippen molar-refractivity contribution in [3.8, 4) is 0 Å². The summed E-state index contributed by atoms with van der Waals surface area (Å²) in [4.78, 5) is 9.35. The van der Waals surface area contributed by atoms with Crippen LogP contribution < -0.4 is 10.6 Å². The number of ether oxygens (including phenoxy) is 1. The van der Waals surface area contributed by atoms with Gasteiger partial charge in [-0.15, -0.1) is 24.0 Å². The minimum Gasteiger partial charge on any atom is -0.381 e. The van der Waals surface area contributed by atoms with Crippen molar-refractivity contribution in [2.24, 2.45) is 4.99 Å². The molecule has 154 valence electrons. The van der Waals surface area contributed by atoms with Crippen LogP contribution in [0.2, 0.25) is 0 Å². The van der Waals surface area contributed by atoms with Crippen molar-refractivity contribution < 1.29 is 4.74 Å². The van der Waals surface area contributed by atoms with E-state index in [1.54, 1.807) is 0 Å². The second-order valence-corrected chi connectivity index (χ2v) is 7.69. The molecule has 0 aliphatic carbocycles. The maximum atomic E-state index is 5.55. The number of nitrogens with one attached hydrogen (secondary N) is 2. The van der Waals surface area contributed by atoms with E-state index in [9.17, 15) is 0 Å². The van der Waals surface area contributed by atoms with Gasteiger partial charge in [0.25, 0.3) is 0 Å². The third-order valence-electron chi connectivity index (χ3n) is 5.82. The monoisotopic (exact) mass is 481 g/mol.